The Morgan fingerprint density at radius 2 is 1.65 bits per heavy atom. The highest BCUT2D eigenvalue weighted by atomic mass is 16.6. The Kier molecular flexibility index (Phi) is 7.98. The van der Waals surface area contributed by atoms with Crippen LogP contribution in [-0.2, 0) is 9.47 Å². The lowest BCUT2D eigenvalue weighted by Crippen LogP contribution is -2.48. The molecule has 3 aromatic heterocycles. The van der Waals surface area contributed by atoms with Crippen LogP contribution in [-0.4, -0.2) is 66.8 Å². The normalized spacial score (nSPS) is 17.6. The van der Waals surface area contributed by atoms with E-state index in [1.807, 2.05) is 98.1 Å². The van der Waals surface area contributed by atoms with Crippen molar-refractivity contribution in [3.05, 3.63) is 71.8 Å². The van der Waals surface area contributed by atoms with E-state index in [1.165, 1.54) is 0 Å². The number of fused-ring (bicyclic) bond motifs is 1. The number of carbonyl (C=O) groups excluding carboxylic acids is 2. The molecule has 10 heteroatoms. The highest BCUT2D eigenvalue weighted by Gasteiger charge is 2.37. The van der Waals surface area contributed by atoms with Crippen molar-refractivity contribution >= 4 is 23.1 Å². The van der Waals surface area contributed by atoms with E-state index in [0.717, 1.165) is 27.6 Å². The van der Waals surface area contributed by atoms with Crippen molar-refractivity contribution in [2.45, 2.75) is 85.0 Å². The van der Waals surface area contributed by atoms with E-state index < -0.39 is 17.3 Å². The third-order valence-corrected chi connectivity index (χ3v) is 7.29. The maximum Gasteiger partial charge on any atom is 0.419 e. The molecule has 1 aliphatic heterocycles. The summed E-state index contributed by atoms with van der Waals surface area (Å²) in [5.41, 5.74) is 2.39. The van der Waals surface area contributed by atoms with Gasteiger partial charge in [0.25, 0.3) is 0 Å². The fourth-order valence-electron chi connectivity index (χ4n) is 5.50. The minimum absolute atomic E-state index is 0.177. The Labute approximate surface area is 252 Å². The minimum atomic E-state index is -0.623. The van der Waals surface area contributed by atoms with Crippen molar-refractivity contribution < 1.29 is 23.8 Å². The zero-order valence-corrected chi connectivity index (χ0v) is 26.2. The summed E-state index contributed by atoms with van der Waals surface area (Å²) >= 11 is 0. The Hall–Kier alpha value is -4.34. The number of amides is 1. The molecular weight excluding hydrogens is 546 g/mol. The average Bonchev–Trinajstić information content (AvgIpc) is 3.60. The number of likely N-dealkylation sites (tertiary alicyclic amines) is 1. The van der Waals surface area contributed by atoms with Crippen molar-refractivity contribution in [1.82, 2.24) is 24.2 Å². The number of rotatable bonds is 4. The second kappa shape index (κ2) is 11.4. The molecule has 1 aliphatic rings. The topological polar surface area (TPSA) is 101 Å². The monoisotopic (exact) mass is 587 g/mol. The standard InChI is InChI=1S/C33H41N5O5/c1-21-18-22(2)29(24-12-17-37(28(21)24)31(40)43-33(6,7)8)41-26-13-16-36(30(39)42-32(3,4)5)20-25(26)23-10-11-27(34-19-23)38-15-9-14-35-38/h9-12,14-15,17-19,25-26H,13,16,20H2,1-8H3/t25-,26+/m0/s1. The number of hydrogen-bond acceptors (Lipinski definition) is 7. The molecule has 2 atom stereocenters. The lowest BCUT2D eigenvalue weighted by Gasteiger charge is -2.39. The number of aryl methyl sites for hydroxylation is 2. The highest BCUT2D eigenvalue weighted by Crippen LogP contribution is 2.38. The molecule has 0 unspecified atom stereocenters. The third-order valence-electron chi connectivity index (χ3n) is 7.29. The van der Waals surface area contributed by atoms with Crippen LogP contribution < -0.4 is 4.74 Å². The van der Waals surface area contributed by atoms with Crippen LogP contribution in [0.1, 0.15) is 70.6 Å². The van der Waals surface area contributed by atoms with Gasteiger partial charge >= 0.3 is 12.2 Å². The first-order valence-corrected chi connectivity index (χ1v) is 14.7. The third kappa shape index (κ3) is 6.68. The molecule has 4 heterocycles. The molecule has 5 rings (SSSR count). The first-order chi connectivity index (χ1) is 20.2. The minimum Gasteiger partial charge on any atom is -0.489 e. The zero-order valence-electron chi connectivity index (χ0n) is 26.2. The predicted molar refractivity (Wildman–Crippen MR) is 164 cm³/mol. The van der Waals surface area contributed by atoms with Crippen LogP contribution in [0.3, 0.4) is 0 Å². The Bertz CT molecular complexity index is 1610. The van der Waals surface area contributed by atoms with Gasteiger partial charge in [-0.1, -0.05) is 12.1 Å². The fourth-order valence-corrected chi connectivity index (χ4v) is 5.50. The molecule has 1 aromatic carbocycles. The van der Waals surface area contributed by atoms with Gasteiger partial charge in [0.1, 0.15) is 23.1 Å². The molecule has 0 N–H and O–H groups in total. The Balaban J connectivity index is 1.49. The van der Waals surface area contributed by atoms with E-state index in [4.69, 9.17) is 14.2 Å². The van der Waals surface area contributed by atoms with Gasteiger partial charge in [0.15, 0.2) is 5.82 Å². The van der Waals surface area contributed by atoms with E-state index in [-0.39, 0.29) is 18.1 Å². The van der Waals surface area contributed by atoms with Gasteiger partial charge in [-0.15, -0.1) is 0 Å². The number of benzene rings is 1. The van der Waals surface area contributed by atoms with Crippen LogP contribution in [0.5, 0.6) is 5.75 Å². The summed E-state index contributed by atoms with van der Waals surface area (Å²) in [4.78, 5) is 32.5. The smallest absolute Gasteiger partial charge is 0.419 e. The SMILES string of the molecule is Cc1cc(C)c2c(ccn2C(=O)OC(C)(C)C)c1O[C@@H]1CCN(C(=O)OC(C)(C)C)C[C@H]1c1ccc(-n2cccn2)nc1. The summed E-state index contributed by atoms with van der Waals surface area (Å²) in [7, 11) is 0. The molecule has 0 aliphatic carbocycles. The van der Waals surface area contributed by atoms with E-state index >= 15 is 0 Å². The average molecular weight is 588 g/mol. The Morgan fingerprint density at radius 3 is 2.28 bits per heavy atom. The first kappa shape index (κ1) is 30.1. The van der Waals surface area contributed by atoms with E-state index in [2.05, 4.69) is 10.1 Å². The van der Waals surface area contributed by atoms with Gasteiger partial charge in [-0.2, -0.15) is 5.10 Å². The van der Waals surface area contributed by atoms with Gasteiger partial charge in [-0.05, 0) is 90.3 Å². The summed E-state index contributed by atoms with van der Waals surface area (Å²) in [6.45, 7) is 16.0. The molecule has 4 aromatic rings. The predicted octanol–water partition coefficient (Wildman–Crippen LogP) is 6.79. The molecule has 1 amide bonds. The number of nitrogens with zero attached hydrogens (tertiary/aromatic N) is 5. The van der Waals surface area contributed by atoms with E-state index in [0.29, 0.717) is 31.1 Å². The summed E-state index contributed by atoms with van der Waals surface area (Å²) in [6, 6.07) is 9.71. The summed E-state index contributed by atoms with van der Waals surface area (Å²) in [5, 5.41) is 5.11. The van der Waals surface area contributed by atoms with Crippen LogP contribution in [0.2, 0.25) is 0 Å². The summed E-state index contributed by atoms with van der Waals surface area (Å²) < 4.78 is 21.5. The van der Waals surface area contributed by atoms with Crippen molar-refractivity contribution in [3.63, 3.8) is 0 Å². The number of ether oxygens (including phenoxy) is 3. The van der Waals surface area contributed by atoms with Gasteiger partial charge in [0.2, 0.25) is 0 Å². The fraction of sp³-hybridized carbons (Fsp3) is 0.455. The lowest BCUT2D eigenvalue weighted by molar-refractivity contribution is 0.00774. The molecule has 43 heavy (non-hydrogen) atoms. The number of hydrogen-bond donors (Lipinski definition) is 0. The zero-order chi connectivity index (χ0) is 31.1. The van der Waals surface area contributed by atoms with Crippen LogP contribution in [0.4, 0.5) is 9.59 Å². The molecule has 0 bridgehead atoms. The molecule has 0 spiro atoms. The first-order valence-electron chi connectivity index (χ1n) is 14.7. The highest BCUT2D eigenvalue weighted by molar-refractivity contribution is 5.96. The quantitative estimate of drug-likeness (QED) is 0.259. The number of carbonyl (C=O) groups is 2. The second-order valence-electron chi connectivity index (χ2n) is 13.1. The van der Waals surface area contributed by atoms with Crippen molar-refractivity contribution in [2.24, 2.45) is 0 Å². The van der Waals surface area contributed by atoms with Gasteiger partial charge < -0.3 is 19.1 Å². The van der Waals surface area contributed by atoms with Crippen molar-refractivity contribution in [2.75, 3.05) is 13.1 Å². The summed E-state index contributed by atoms with van der Waals surface area (Å²) in [6.07, 6.45) is 6.66. The molecular formula is C33H41N5O5. The molecule has 10 nitrogen and oxygen atoms in total. The van der Waals surface area contributed by atoms with Gasteiger partial charge in [-0.3, -0.25) is 4.57 Å². The van der Waals surface area contributed by atoms with Crippen LogP contribution in [0.25, 0.3) is 16.7 Å². The number of piperidine rings is 1. The molecule has 228 valence electrons. The van der Waals surface area contributed by atoms with E-state index in [1.54, 1.807) is 26.5 Å². The lowest BCUT2D eigenvalue weighted by atomic mass is 9.88. The molecule has 1 saturated heterocycles. The van der Waals surface area contributed by atoms with Crippen molar-refractivity contribution in [1.29, 1.82) is 0 Å². The number of aromatic nitrogens is 4. The maximum absolute atomic E-state index is 13.1. The van der Waals surface area contributed by atoms with Gasteiger partial charge in [0, 0.05) is 55.6 Å². The summed E-state index contributed by atoms with van der Waals surface area (Å²) in [5.74, 6) is 1.24. The second-order valence-corrected chi connectivity index (χ2v) is 13.1. The van der Waals surface area contributed by atoms with E-state index in [9.17, 15) is 9.59 Å². The number of pyridine rings is 1. The van der Waals surface area contributed by atoms with Crippen LogP contribution >= 0.6 is 0 Å². The largest absolute Gasteiger partial charge is 0.489 e. The molecule has 0 saturated carbocycles. The molecule has 1 fully saturated rings. The molecule has 0 radical (unpaired) electrons. The van der Waals surface area contributed by atoms with Gasteiger partial charge in [-0.25, -0.2) is 19.3 Å². The van der Waals surface area contributed by atoms with Crippen LogP contribution in [0.15, 0.2) is 55.1 Å². The van der Waals surface area contributed by atoms with Crippen molar-refractivity contribution in [3.8, 4) is 11.6 Å². The Morgan fingerprint density at radius 1 is 0.930 bits per heavy atom. The van der Waals surface area contributed by atoms with Gasteiger partial charge in [0.05, 0.1) is 5.52 Å². The maximum atomic E-state index is 13.1. The van der Waals surface area contributed by atoms with Crippen LogP contribution in [0, 0.1) is 13.8 Å².